The quantitative estimate of drug-likeness (QED) is 0.714. The summed E-state index contributed by atoms with van der Waals surface area (Å²) in [4.78, 5) is 14.0. The molecule has 3 unspecified atom stereocenters. The van der Waals surface area contributed by atoms with E-state index >= 15 is 0 Å². The molecule has 0 radical (unpaired) electrons. The first-order chi connectivity index (χ1) is 8.54. The number of ether oxygens (including phenoxy) is 1. The molecule has 0 bridgehead atoms. The van der Waals surface area contributed by atoms with Crippen molar-refractivity contribution in [1.29, 1.82) is 0 Å². The van der Waals surface area contributed by atoms with Crippen LogP contribution < -0.4 is 10.6 Å². The third kappa shape index (κ3) is 4.92. The SMILES string of the molecule is CCC(C)NC(=O)C(C)N(C)CC1CNCCO1. The fraction of sp³-hybridized carbons (Fsp3) is 0.923. The molecule has 0 aromatic rings. The monoisotopic (exact) mass is 257 g/mol. The molecule has 0 saturated carbocycles. The molecular weight excluding hydrogens is 230 g/mol. The molecule has 1 aliphatic rings. The van der Waals surface area contributed by atoms with Gasteiger partial charge in [0, 0.05) is 25.7 Å². The zero-order valence-electron chi connectivity index (χ0n) is 12.0. The Morgan fingerprint density at radius 3 is 2.83 bits per heavy atom. The Hall–Kier alpha value is -0.650. The highest BCUT2D eigenvalue weighted by atomic mass is 16.5. The molecule has 0 aliphatic carbocycles. The fourth-order valence-corrected chi connectivity index (χ4v) is 1.88. The smallest absolute Gasteiger partial charge is 0.237 e. The topological polar surface area (TPSA) is 53.6 Å². The molecular formula is C13H27N3O2. The van der Waals surface area contributed by atoms with Gasteiger partial charge in [-0.05, 0) is 27.3 Å². The van der Waals surface area contributed by atoms with E-state index in [0.29, 0.717) is 0 Å². The van der Waals surface area contributed by atoms with Crippen LogP contribution in [0.25, 0.3) is 0 Å². The van der Waals surface area contributed by atoms with Crippen molar-refractivity contribution in [1.82, 2.24) is 15.5 Å². The van der Waals surface area contributed by atoms with Gasteiger partial charge in [0.15, 0.2) is 0 Å². The number of carbonyl (C=O) groups is 1. The largest absolute Gasteiger partial charge is 0.374 e. The van der Waals surface area contributed by atoms with Crippen LogP contribution in [0.4, 0.5) is 0 Å². The molecule has 0 aromatic heterocycles. The van der Waals surface area contributed by atoms with E-state index in [0.717, 1.165) is 32.7 Å². The average molecular weight is 257 g/mol. The van der Waals surface area contributed by atoms with Gasteiger partial charge in [-0.25, -0.2) is 0 Å². The van der Waals surface area contributed by atoms with Crippen LogP contribution in [-0.2, 0) is 9.53 Å². The van der Waals surface area contributed by atoms with E-state index < -0.39 is 0 Å². The summed E-state index contributed by atoms with van der Waals surface area (Å²) >= 11 is 0. The van der Waals surface area contributed by atoms with Crippen LogP contribution in [0.3, 0.4) is 0 Å². The minimum atomic E-state index is -0.121. The molecule has 106 valence electrons. The highest BCUT2D eigenvalue weighted by Crippen LogP contribution is 2.03. The van der Waals surface area contributed by atoms with Crippen LogP contribution in [0.1, 0.15) is 27.2 Å². The number of hydrogen-bond donors (Lipinski definition) is 2. The summed E-state index contributed by atoms with van der Waals surface area (Å²) < 4.78 is 5.64. The standard InChI is InChI=1S/C13H27N3O2/c1-5-10(2)15-13(17)11(3)16(4)9-12-8-14-6-7-18-12/h10-12,14H,5-9H2,1-4H3,(H,15,17). The maximum atomic E-state index is 12.0. The van der Waals surface area contributed by atoms with Gasteiger partial charge >= 0.3 is 0 Å². The van der Waals surface area contributed by atoms with Crippen LogP contribution >= 0.6 is 0 Å². The number of hydrogen-bond acceptors (Lipinski definition) is 4. The first-order valence-electron chi connectivity index (χ1n) is 6.87. The van der Waals surface area contributed by atoms with E-state index in [9.17, 15) is 4.79 Å². The van der Waals surface area contributed by atoms with E-state index in [-0.39, 0.29) is 24.1 Å². The third-order valence-corrected chi connectivity index (χ3v) is 3.54. The van der Waals surface area contributed by atoms with Gasteiger partial charge in [-0.1, -0.05) is 6.92 Å². The Kier molecular flexibility index (Phi) is 6.60. The zero-order valence-corrected chi connectivity index (χ0v) is 12.0. The van der Waals surface area contributed by atoms with E-state index in [4.69, 9.17) is 4.74 Å². The Morgan fingerprint density at radius 1 is 1.56 bits per heavy atom. The van der Waals surface area contributed by atoms with Gasteiger partial charge in [0.25, 0.3) is 0 Å². The van der Waals surface area contributed by atoms with Crippen molar-refractivity contribution >= 4 is 5.91 Å². The normalized spacial score (nSPS) is 23.7. The number of amides is 1. The van der Waals surface area contributed by atoms with Crippen molar-refractivity contribution in [3.63, 3.8) is 0 Å². The average Bonchev–Trinajstić information content (AvgIpc) is 2.38. The lowest BCUT2D eigenvalue weighted by Gasteiger charge is -2.31. The molecule has 5 nitrogen and oxygen atoms in total. The molecule has 0 aromatic carbocycles. The van der Waals surface area contributed by atoms with E-state index in [1.165, 1.54) is 0 Å². The van der Waals surface area contributed by atoms with Crippen LogP contribution in [-0.4, -0.2) is 62.3 Å². The van der Waals surface area contributed by atoms with Crippen molar-refractivity contribution < 1.29 is 9.53 Å². The van der Waals surface area contributed by atoms with Gasteiger partial charge in [-0.3, -0.25) is 9.69 Å². The van der Waals surface area contributed by atoms with Gasteiger partial charge in [-0.2, -0.15) is 0 Å². The molecule has 1 heterocycles. The van der Waals surface area contributed by atoms with Gasteiger partial charge in [0.05, 0.1) is 18.8 Å². The molecule has 3 atom stereocenters. The molecule has 1 fully saturated rings. The Bertz CT molecular complexity index is 255. The lowest BCUT2D eigenvalue weighted by molar-refractivity contribution is -0.126. The summed E-state index contributed by atoms with van der Waals surface area (Å²) in [5, 5.41) is 6.31. The molecule has 1 saturated heterocycles. The first kappa shape index (κ1) is 15.4. The Morgan fingerprint density at radius 2 is 2.28 bits per heavy atom. The number of nitrogens with one attached hydrogen (secondary N) is 2. The Balaban J connectivity index is 2.34. The van der Waals surface area contributed by atoms with Crippen molar-refractivity contribution in [3.8, 4) is 0 Å². The van der Waals surface area contributed by atoms with Crippen molar-refractivity contribution in [2.75, 3.05) is 33.3 Å². The Labute approximate surface area is 110 Å². The van der Waals surface area contributed by atoms with E-state index in [1.54, 1.807) is 0 Å². The molecule has 0 spiro atoms. The fourth-order valence-electron chi connectivity index (χ4n) is 1.88. The number of nitrogens with zero attached hydrogens (tertiary/aromatic N) is 1. The summed E-state index contributed by atoms with van der Waals surface area (Å²) in [5.41, 5.74) is 0. The van der Waals surface area contributed by atoms with Crippen LogP contribution in [0.15, 0.2) is 0 Å². The van der Waals surface area contributed by atoms with Gasteiger partial charge < -0.3 is 15.4 Å². The number of likely N-dealkylation sites (N-methyl/N-ethyl adjacent to an activating group) is 1. The highest BCUT2D eigenvalue weighted by Gasteiger charge is 2.23. The zero-order chi connectivity index (χ0) is 13.5. The predicted octanol–water partition coefficient (Wildman–Crippen LogP) is 0.210. The number of rotatable bonds is 6. The second-order valence-electron chi connectivity index (χ2n) is 5.13. The van der Waals surface area contributed by atoms with Crippen LogP contribution in [0, 0.1) is 0 Å². The third-order valence-electron chi connectivity index (χ3n) is 3.54. The van der Waals surface area contributed by atoms with Crippen LogP contribution in [0.2, 0.25) is 0 Å². The number of morpholine rings is 1. The predicted molar refractivity (Wildman–Crippen MR) is 72.6 cm³/mol. The van der Waals surface area contributed by atoms with Crippen LogP contribution in [0.5, 0.6) is 0 Å². The maximum absolute atomic E-state index is 12.0. The van der Waals surface area contributed by atoms with Crippen molar-refractivity contribution in [2.45, 2.75) is 45.4 Å². The summed E-state index contributed by atoms with van der Waals surface area (Å²) in [6.07, 6.45) is 1.14. The minimum Gasteiger partial charge on any atom is -0.374 e. The molecule has 1 amide bonds. The molecule has 2 N–H and O–H groups in total. The summed E-state index contributed by atoms with van der Waals surface area (Å²) in [5.74, 6) is 0.0932. The lowest BCUT2D eigenvalue weighted by atomic mass is 10.2. The summed E-state index contributed by atoms with van der Waals surface area (Å²) in [6, 6.07) is 0.116. The van der Waals surface area contributed by atoms with Crippen molar-refractivity contribution in [3.05, 3.63) is 0 Å². The second kappa shape index (κ2) is 7.71. The molecule has 5 heteroatoms. The molecule has 1 rings (SSSR count). The van der Waals surface area contributed by atoms with Gasteiger partial charge in [0.2, 0.25) is 5.91 Å². The van der Waals surface area contributed by atoms with Gasteiger partial charge in [-0.15, -0.1) is 0 Å². The molecule has 18 heavy (non-hydrogen) atoms. The first-order valence-corrected chi connectivity index (χ1v) is 6.87. The summed E-state index contributed by atoms with van der Waals surface area (Å²) in [6.45, 7) is 9.36. The maximum Gasteiger partial charge on any atom is 0.237 e. The summed E-state index contributed by atoms with van der Waals surface area (Å²) in [7, 11) is 1.97. The highest BCUT2D eigenvalue weighted by molar-refractivity contribution is 5.81. The van der Waals surface area contributed by atoms with Crippen molar-refractivity contribution in [2.24, 2.45) is 0 Å². The minimum absolute atomic E-state index is 0.0932. The number of carbonyl (C=O) groups excluding carboxylic acids is 1. The second-order valence-corrected chi connectivity index (χ2v) is 5.13. The van der Waals surface area contributed by atoms with Gasteiger partial charge in [0.1, 0.15) is 0 Å². The van der Waals surface area contributed by atoms with E-state index in [1.807, 2.05) is 20.9 Å². The lowest BCUT2D eigenvalue weighted by Crippen LogP contribution is -2.51. The molecule has 1 aliphatic heterocycles. The van der Waals surface area contributed by atoms with E-state index in [2.05, 4.69) is 22.5 Å².